The summed E-state index contributed by atoms with van der Waals surface area (Å²) in [4.78, 5) is 12.1. The second-order valence-electron chi connectivity index (χ2n) is 5.21. The second kappa shape index (κ2) is 7.72. The summed E-state index contributed by atoms with van der Waals surface area (Å²) in [5.74, 6) is 1.33. The Balaban J connectivity index is 1.83. The molecule has 1 atom stereocenters. The van der Waals surface area contributed by atoms with Crippen LogP contribution in [0.2, 0.25) is 0 Å². The third kappa shape index (κ3) is 4.52. The average molecular weight is 289 g/mol. The van der Waals surface area contributed by atoms with Gasteiger partial charge in [-0.15, -0.1) is 0 Å². The van der Waals surface area contributed by atoms with Gasteiger partial charge in [-0.1, -0.05) is 26.3 Å². The van der Waals surface area contributed by atoms with E-state index in [1.54, 1.807) is 12.1 Å². The van der Waals surface area contributed by atoms with Gasteiger partial charge in [-0.25, -0.2) is 0 Å². The fourth-order valence-corrected chi connectivity index (χ4v) is 2.21. The van der Waals surface area contributed by atoms with Crippen molar-refractivity contribution in [3.63, 3.8) is 0 Å². The van der Waals surface area contributed by atoms with Gasteiger partial charge in [-0.2, -0.15) is 0 Å². The zero-order valence-electron chi connectivity index (χ0n) is 12.6. The Hall–Kier alpha value is -1.97. The number of amides is 1. The molecule has 1 amide bonds. The number of ether oxygens (including phenoxy) is 2. The molecule has 21 heavy (non-hydrogen) atoms. The van der Waals surface area contributed by atoms with Gasteiger partial charge in [-0.3, -0.25) is 4.79 Å². The van der Waals surface area contributed by atoms with Crippen LogP contribution in [0.3, 0.4) is 0 Å². The van der Waals surface area contributed by atoms with Crippen LogP contribution in [0.1, 0.15) is 43.0 Å². The topological polar surface area (TPSA) is 47.6 Å². The molecule has 0 aromatic heterocycles. The highest BCUT2D eigenvalue weighted by Crippen LogP contribution is 2.17. The van der Waals surface area contributed by atoms with Gasteiger partial charge in [0.15, 0.2) is 0 Å². The van der Waals surface area contributed by atoms with Crippen molar-refractivity contribution in [1.29, 1.82) is 0 Å². The van der Waals surface area contributed by atoms with Crippen molar-refractivity contribution in [2.75, 3.05) is 13.2 Å². The monoisotopic (exact) mass is 289 g/mol. The molecule has 0 aliphatic carbocycles. The summed E-state index contributed by atoms with van der Waals surface area (Å²) >= 11 is 0. The van der Waals surface area contributed by atoms with E-state index < -0.39 is 0 Å². The molecule has 0 bridgehead atoms. The predicted molar refractivity (Wildman–Crippen MR) is 82.4 cm³/mol. The van der Waals surface area contributed by atoms with Crippen LogP contribution in [0.25, 0.3) is 0 Å². The van der Waals surface area contributed by atoms with E-state index in [1.807, 2.05) is 12.1 Å². The van der Waals surface area contributed by atoms with Gasteiger partial charge in [0.1, 0.15) is 11.5 Å². The predicted octanol–water partition coefficient (Wildman–Crippen LogP) is 3.29. The molecule has 2 rings (SSSR count). The molecular weight excluding hydrogens is 266 g/mol. The highest BCUT2D eigenvalue weighted by atomic mass is 16.5. The van der Waals surface area contributed by atoms with Crippen molar-refractivity contribution in [2.24, 2.45) is 0 Å². The van der Waals surface area contributed by atoms with Gasteiger partial charge in [0.25, 0.3) is 5.91 Å². The summed E-state index contributed by atoms with van der Waals surface area (Å²) in [5, 5.41) is 2.92. The first-order valence-electron chi connectivity index (χ1n) is 7.56. The van der Waals surface area contributed by atoms with Crippen LogP contribution in [0, 0.1) is 0 Å². The van der Waals surface area contributed by atoms with Crippen LogP contribution in [0.5, 0.6) is 5.75 Å². The molecule has 1 aliphatic heterocycles. The first-order valence-corrected chi connectivity index (χ1v) is 7.56. The number of rotatable bonds is 7. The zero-order chi connectivity index (χ0) is 15.1. The van der Waals surface area contributed by atoms with Crippen LogP contribution < -0.4 is 10.1 Å². The van der Waals surface area contributed by atoms with Crippen molar-refractivity contribution in [1.82, 2.24) is 5.32 Å². The molecule has 114 valence electrons. The van der Waals surface area contributed by atoms with Crippen molar-refractivity contribution in [3.8, 4) is 5.75 Å². The summed E-state index contributed by atoms with van der Waals surface area (Å²) < 4.78 is 10.9. The zero-order valence-corrected chi connectivity index (χ0v) is 12.6. The van der Waals surface area contributed by atoms with Crippen molar-refractivity contribution in [2.45, 2.75) is 38.6 Å². The fourth-order valence-electron chi connectivity index (χ4n) is 2.21. The lowest BCUT2D eigenvalue weighted by atomic mass is 10.1. The molecule has 1 heterocycles. The Morgan fingerprint density at radius 1 is 1.38 bits per heavy atom. The van der Waals surface area contributed by atoms with Crippen LogP contribution in [-0.2, 0) is 4.74 Å². The summed E-state index contributed by atoms with van der Waals surface area (Å²) in [5.41, 5.74) is 0.621. The van der Waals surface area contributed by atoms with E-state index in [9.17, 15) is 4.79 Å². The molecule has 0 radical (unpaired) electrons. The highest BCUT2D eigenvalue weighted by molar-refractivity contribution is 5.94. The lowest BCUT2D eigenvalue weighted by molar-refractivity contribution is 0.0941. The smallest absolute Gasteiger partial charge is 0.251 e. The van der Waals surface area contributed by atoms with E-state index >= 15 is 0 Å². The van der Waals surface area contributed by atoms with Crippen molar-refractivity contribution in [3.05, 3.63) is 42.2 Å². The van der Waals surface area contributed by atoms with Gasteiger partial charge >= 0.3 is 0 Å². The molecule has 1 saturated heterocycles. The Bertz CT molecular complexity index is 481. The quantitative estimate of drug-likeness (QED) is 0.784. The maximum atomic E-state index is 12.1. The first-order chi connectivity index (χ1) is 10.2. The minimum Gasteiger partial charge on any atom is -0.496 e. The lowest BCUT2D eigenvalue weighted by Crippen LogP contribution is -2.33. The van der Waals surface area contributed by atoms with Gasteiger partial charge in [-0.05, 0) is 30.7 Å². The summed E-state index contributed by atoms with van der Waals surface area (Å²) in [7, 11) is 0. The number of unbranched alkanes of at least 4 members (excludes halogenated alkanes) is 2. The average Bonchev–Trinajstić information content (AvgIpc) is 2.89. The number of carbonyl (C=O) groups excluding carboxylic acids is 1. The molecule has 1 aromatic rings. The van der Waals surface area contributed by atoms with Crippen LogP contribution in [-0.4, -0.2) is 25.2 Å². The van der Waals surface area contributed by atoms with Gasteiger partial charge in [0.05, 0.1) is 19.3 Å². The Labute approximate surface area is 126 Å². The van der Waals surface area contributed by atoms with Crippen LogP contribution >= 0.6 is 0 Å². The SMILES string of the molecule is C=C1OCC[C@H]1NC(=O)c1ccc(OCCCCC)cc1. The summed E-state index contributed by atoms with van der Waals surface area (Å²) in [6.45, 7) is 7.29. The molecule has 4 heteroatoms. The molecule has 4 nitrogen and oxygen atoms in total. The highest BCUT2D eigenvalue weighted by Gasteiger charge is 2.22. The third-order valence-corrected chi connectivity index (χ3v) is 3.52. The number of hydrogen-bond acceptors (Lipinski definition) is 3. The maximum Gasteiger partial charge on any atom is 0.251 e. The number of benzene rings is 1. The lowest BCUT2D eigenvalue weighted by Gasteiger charge is -2.12. The van der Waals surface area contributed by atoms with Crippen LogP contribution in [0.4, 0.5) is 0 Å². The van der Waals surface area contributed by atoms with Crippen LogP contribution in [0.15, 0.2) is 36.6 Å². The summed E-state index contributed by atoms with van der Waals surface area (Å²) in [6, 6.07) is 7.15. The molecule has 1 aliphatic rings. The largest absolute Gasteiger partial charge is 0.496 e. The minimum atomic E-state index is -0.107. The normalized spacial score (nSPS) is 17.4. The maximum absolute atomic E-state index is 12.1. The first kappa shape index (κ1) is 15.4. The van der Waals surface area contributed by atoms with Gasteiger partial charge in [0.2, 0.25) is 0 Å². The molecule has 0 unspecified atom stereocenters. The molecule has 1 aromatic carbocycles. The van der Waals surface area contributed by atoms with E-state index in [4.69, 9.17) is 9.47 Å². The van der Waals surface area contributed by atoms with E-state index in [1.165, 1.54) is 12.8 Å². The van der Waals surface area contributed by atoms with Gasteiger partial charge in [0, 0.05) is 12.0 Å². The number of carbonyl (C=O) groups is 1. The second-order valence-corrected chi connectivity index (χ2v) is 5.21. The van der Waals surface area contributed by atoms with Crippen molar-refractivity contribution < 1.29 is 14.3 Å². The standard InChI is InChI=1S/C17H23NO3/c1-3-4-5-11-21-15-8-6-14(7-9-15)17(19)18-16-10-12-20-13(16)2/h6-9,16H,2-5,10-12H2,1H3,(H,18,19)/t16-/m1/s1. The van der Waals surface area contributed by atoms with E-state index in [0.717, 1.165) is 25.2 Å². The summed E-state index contributed by atoms with van der Waals surface area (Å²) in [6.07, 6.45) is 4.19. The Kier molecular flexibility index (Phi) is 5.67. The third-order valence-electron chi connectivity index (χ3n) is 3.52. The molecular formula is C17H23NO3. The number of hydrogen-bond donors (Lipinski definition) is 1. The Morgan fingerprint density at radius 2 is 2.14 bits per heavy atom. The Morgan fingerprint density at radius 3 is 2.76 bits per heavy atom. The molecule has 1 N–H and O–H groups in total. The van der Waals surface area contributed by atoms with E-state index in [0.29, 0.717) is 17.9 Å². The molecule has 1 fully saturated rings. The number of nitrogens with one attached hydrogen (secondary N) is 1. The fraction of sp³-hybridized carbons (Fsp3) is 0.471. The van der Waals surface area contributed by atoms with E-state index in [2.05, 4.69) is 18.8 Å². The molecule has 0 saturated carbocycles. The van der Waals surface area contributed by atoms with Gasteiger partial charge < -0.3 is 14.8 Å². The molecule has 0 spiro atoms. The van der Waals surface area contributed by atoms with E-state index in [-0.39, 0.29) is 11.9 Å². The van der Waals surface area contributed by atoms with Crippen molar-refractivity contribution >= 4 is 5.91 Å². The minimum absolute atomic E-state index is 0.0810.